The molecule has 0 aliphatic carbocycles. The minimum atomic E-state index is -1.36. The fourth-order valence-corrected chi connectivity index (χ4v) is 5.74. The second-order valence-corrected chi connectivity index (χ2v) is 10.3. The van der Waals surface area contributed by atoms with Gasteiger partial charge in [-0.2, -0.15) is 5.11 Å². The van der Waals surface area contributed by atoms with E-state index >= 15 is 0 Å². The van der Waals surface area contributed by atoms with E-state index in [1.54, 1.807) is 18.7 Å². The van der Waals surface area contributed by atoms with Crippen molar-refractivity contribution < 1.29 is 19.1 Å². The Morgan fingerprint density at radius 2 is 1.97 bits per heavy atom. The summed E-state index contributed by atoms with van der Waals surface area (Å²) >= 11 is 1.70. The lowest BCUT2D eigenvalue weighted by Gasteiger charge is -2.36. The van der Waals surface area contributed by atoms with E-state index < -0.39 is 23.8 Å². The van der Waals surface area contributed by atoms with Gasteiger partial charge in [-0.1, -0.05) is 43.8 Å². The van der Waals surface area contributed by atoms with Crippen molar-refractivity contribution >= 4 is 35.0 Å². The summed E-state index contributed by atoms with van der Waals surface area (Å²) in [4.78, 5) is 27.2. The molecule has 4 atom stereocenters. The third-order valence-corrected chi connectivity index (χ3v) is 7.49. The maximum Gasteiger partial charge on any atom is 0.305 e. The molecule has 3 N–H and O–H groups in total. The SMILES string of the molecule is CC(=O)OC1OCC[C@@H]1NC(=O)[C@@](C)(N=N)C(c1ccc2c(c1)Nc1ccccc1S2)C(C)C. The van der Waals surface area contributed by atoms with Crippen LogP contribution in [0, 0.1) is 11.4 Å². The van der Waals surface area contributed by atoms with Crippen LogP contribution in [0.4, 0.5) is 11.4 Å². The fraction of sp³-hybridized carbons (Fsp3) is 0.440. The van der Waals surface area contributed by atoms with Crippen molar-refractivity contribution in [2.45, 2.75) is 67.7 Å². The van der Waals surface area contributed by atoms with E-state index in [1.807, 2.05) is 38.1 Å². The molecule has 4 rings (SSSR count). The molecule has 0 spiro atoms. The zero-order valence-electron chi connectivity index (χ0n) is 19.8. The Morgan fingerprint density at radius 1 is 1.24 bits per heavy atom. The highest BCUT2D eigenvalue weighted by molar-refractivity contribution is 7.99. The Kier molecular flexibility index (Phi) is 6.95. The highest BCUT2D eigenvalue weighted by Gasteiger charge is 2.46. The van der Waals surface area contributed by atoms with Crippen LogP contribution in [0.1, 0.15) is 45.6 Å². The molecule has 2 aromatic rings. The van der Waals surface area contributed by atoms with Crippen molar-refractivity contribution in [1.29, 1.82) is 5.53 Å². The molecule has 0 aromatic heterocycles. The molecule has 2 aromatic carbocycles. The van der Waals surface area contributed by atoms with Gasteiger partial charge < -0.3 is 20.1 Å². The number of para-hydroxylation sites is 1. The lowest BCUT2D eigenvalue weighted by Crippen LogP contribution is -2.53. The average Bonchev–Trinajstić information content (AvgIpc) is 3.22. The van der Waals surface area contributed by atoms with Gasteiger partial charge in [-0.15, -0.1) is 0 Å². The summed E-state index contributed by atoms with van der Waals surface area (Å²) in [5, 5.41) is 10.3. The molecule has 2 aliphatic heterocycles. The van der Waals surface area contributed by atoms with Crippen LogP contribution in [0.2, 0.25) is 0 Å². The maximum atomic E-state index is 13.5. The molecule has 1 amide bonds. The first-order valence-electron chi connectivity index (χ1n) is 11.4. The smallest absolute Gasteiger partial charge is 0.305 e. The van der Waals surface area contributed by atoms with Crippen LogP contribution in [-0.2, 0) is 19.1 Å². The number of esters is 1. The van der Waals surface area contributed by atoms with Crippen molar-refractivity contribution in [3.63, 3.8) is 0 Å². The van der Waals surface area contributed by atoms with E-state index in [0.717, 1.165) is 26.7 Å². The number of rotatable bonds is 7. The monoisotopic (exact) mass is 482 g/mol. The van der Waals surface area contributed by atoms with Gasteiger partial charge in [0.2, 0.25) is 6.29 Å². The summed E-state index contributed by atoms with van der Waals surface area (Å²) in [6, 6.07) is 13.8. The first kappa shape index (κ1) is 24.2. The zero-order chi connectivity index (χ0) is 24.5. The molecule has 9 heteroatoms. The Morgan fingerprint density at radius 3 is 2.68 bits per heavy atom. The molecule has 0 radical (unpaired) electrons. The van der Waals surface area contributed by atoms with E-state index in [0.29, 0.717) is 13.0 Å². The van der Waals surface area contributed by atoms with Gasteiger partial charge in [-0.25, -0.2) is 5.53 Å². The van der Waals surface area contributed by atoms with E-state index in [4.69, 9.17) is 15.0 Å². The fourth-order valence-electron chi connectivity index (χ4n) is 4.77. The predicted molar refractivity (Wildman–Crippen MR) is 129 cm³/mol. The normalized spacial score (nSPS) is 21.4. The van der Waals surface area contributed by atoms with Gasteiger partial charge in [-0.3, -0.25) is 9.59 Å². The molecule has 1 fully saturated rings. The van der Waals surface area contributed by atoms with Crippen molar-refractivity contribution in [2.75, 3.05) is 11.9 Å². The molecule has 0 saturated carbocycles. The number of amides is 1. The molecule has 180 valence electrons. The minimum absolute atomic E-state index is 0.0236. The van der Waals surface area contributed by atoms with E-state index in [1.165, 1.54) is 6.92 Å². The van der Waals surface area contributed by atoms with Gasteiger partial charge in [0.15, 0.2) is 5.54 Å². The topological polar surface area (TPSA) is 113 Å². The lowest BCUT2D eigenvalue weighted by molar-refractivity contribution is -0.171. The van der Waals surface area contributed by atoms with Crippen LogP contribution < -0.4 is 10.6 Å². The number of carbonyl (C=O) groups is 2. The second kappa shape index (κ2) is 9.76. The number of hydrogen-bond donors (Lipinski definition) is 3. The molecular weight excluding hydrogens is 452 g/mol. The quantitative estimate of drug-likeness (QED) is 0.314. The summed E-state index contributed by atoms with van der Waals surface area (Å²) in [5.41, 5.74) is 9.59. The predicted octanol–water partition coefficient (Wildman–Crippen LogP) is 5.22. The van der Waals surface area contributed by atoms with Crippen molar-refractivity contribution in [2.24, 2.45) is 11.0 Å². The molecule has 2 heterocycles. The number of ether oxygens (including phenoxy) is 2. The zero-order valence-corrected chi connectivity index (χ0v) is 20.6. The van der Waals surface area contributed by atoms with Crippen LogP contribution in [0.15, 0.2) is 57.4 Å². The van der Waals surface area contributed by atoms with Gasteiger partial charge in [0, 0.05) is 22.6 Å². The van der Waals surface area contributed by atoms with Crippen LogP contribution >= 0.6 is 11.8 Å². The first-order chi connectivity index (χ1) is 16.2. The van der Waals surface area contributed by atoms with Crippen molar-refractivity contribution in [1.82, 2.24) is 5.32 Å². The van der Waals surface area contributed by atoms with Crippen LogP contribution in [0.25, 0.3) is 0 Å². The maximum absolute atomic E-state index is 13.5. The molecule has 8 nitrogen and oxygen atoms in total. The van der Waals surface area contributed by atoms with Crippen LogP contribution in [0.5, 0.6) is 0 Å². The number of benzene rings is 2. The average molecular weight is 483 g/mol. The first-order valence-corrected chi connectivity index (χ1v) is 12.2. The lowest BCUT2D eigenvalue weighted by atomic mass is 9.73. The number of fused-ring (bicyclic) bond motifs is 2. The summed E-state index contributed by atoms with van der Waals surface area (Å²) in [6.45, 7) is 7.42. The molecule has 34 heavy (non-hydrogen) atoms. The summed E-state index contributed by atoms with van der Waals surface area (Å²) < 4.78 is 10.7. The summed E-state index contributed by atoms with van der Waals surface area (Å²) in [6.07, 6.45) is -0.317. The molecule has 2 aliphatic rings. The number of anilines is 2. The number of nitrogens with one attached hydrogen (secondary N) is 3. The summed E-state index contributed by atoms with van der Waals surface area (Å²) in [7, 11) is 0. The molecule has 0 bridgehead atoms. The highest BCUT2D eigenvalue weighted by Crippen LogP contribution is 2.47. The minimum Gasteiger partial charge on any atom is -0.434 e. The Balaban J connectivity index is 1.61. The Bertz CT molecular complexity index is 1110. The van der Waals surface area contributed by atoms with Crippen molar-refractivity contribution in [3.8, 4) is 0 Å². The Labute approximate surface area is 203 Å². The van der Waals surface area contributed by atoms with E-state index in [9.17, 15) is 9.59 Å². The molecular formula is C25H30N4O4S. The standard InChI is InChI=1S/C25H30N4O4S/c1-14(2)22(16-9-10-21-19(13-16)27-17-7-5-6-8-20(17)34-21)25(4,29-26)24(31)28-18-11-12-32-23(18)33-15(3)30/h5-10,13-14,18,22-23,26-27H,11-12H2,1-4H3,(H,28,31)/t18-,22?,23?,25-/m0/s1. The van der Waals surface area contributed by atoms with Gasteiger partial charge in [0.05, 0.1) is 24.0 Å². The van der Waals surface area contributed by atoms with Gasteiger partial charge >= 0.3 is 5.97 Å². The summed E-state index contributed by atoms with van der Waals surface area (Å²) in [5.74, 6) is -1.19. The van der Waals surface area contributed by atoms with Gasteiger partial charge in [0.1, 0.15) is 0 Å². The van der Waals surface area contributed by atoms with Crippen LogP contribution in [-0.4, -0.2) is 36.4 Å². The second-order valence-electron chi connectivity index (χ2n) is 9.18. The highest BCUT2D eigenvalue weighted by atomic mass is 32.2. The van der Waals surface area contributed by atoms with Gasteiger partial charge in [-0.05, 0) is 49.1 Å². The van der Waals surface area contributed by atoms with E-state index in [-0.39, 0.29) is 17.7 Å². The number of carbonyl (C=O) groups excluding carboxylic acids is 2. The molecule has 2 unspecified atom stereocenters. The molecule has 1 saturated heterocycles. The third-order valence-electron chi connectivity index (χ3n) is 6.34. The number of hydrogen-bond acceptors (Lipinski definition) is 8. The third kappa shape index (κ3) is 4.67. The van der Waals surface area contributed by atoms with Crippen molar-refractivity contribution in [3.05, 3.63) is 48.0 Å². The van der Waals surface area contributed by atoms with E-state index in [2.05, 4.69) is 33.9 Å². The largest absolute Gasteiger partial charge is 0.434 e. The number of nitrogens with zero attached hydrogens (tertiary/aromatic N) is 1. The van der Waals surface area contributed by atoms with Gasteiger partial charge in [0.25, 0.3) is 5.91 Å². The Hall–Kier alpha value is -2.91. The van der Waals surface area contributed by atoms with Crippen LogP contribution in [0.3, 0.4) is 0 Å².